The molecule has 0 radical (unpaired) electrons. The number of ether oxygens (including phenoxy) is 1. The lowest BCUT2D eigenvalue weighted by molar-refractivity contribution is 0.233. The minimum atomic E-state index is 0.0957. The van der Waals surface area contributed by atoms with Crippen molar-refractivity contribution in [2.24, 2.45) is 0 Å². The highest BCUT2D eigenvalue weighted by Gasteiger charge is 2.07. The van der Waals surface area contributed by atoms with E-state index in [1.807, 2.05) is 56.4 Å². The maximum Gasteiger partial charge on any atom is 0.215 e. The summed E-state index contributed by atoms with van der Waals surface area (Å²) in [7, 11) is 0. The van der Waals surface area contributed by atoms with Crippen molar-refractivity contribution in [2.75, 3.05) is 5.32 Å². The van der Waals surface area contributed by atoms with Crippen molar-refractivity contribution < 1.29 is 4.74 Å². The molecule has 1 N–H and O–H groups in total. The zero-order chi connectivity index (χ0) is 15.4. The predicted molar refractivity (Wildman–Crippen MR) is 88.6 cm³/mol. The van der Waals surface area contributed by atoms with Gasteiger partial charge in [-0.05, 0) is 32.0 Å². The van der Waals surface area contributed by atoms with Crippen molar-refractivity contribution in [3.05, 3.63) is 48.8 Å². The molecule has 22 heavy (non-hydrogen) atoms. The molecule has 0 aliphatic rings. The third kappa shape index (κ3) is 3.59. The van der Waals surface area contributed by atoms with Crippen LogP contribution in [0.1, 0.15) is 13.8 Å². The molecule has 0 spiro atoms. The second-order valence-corrected chi connectivity index (χ2v) is 5.93. The van der Waals surface area contributed by atoms with Crippen LogP contribution in [0.25, 0.3) is 10.6 Å². The molecule has 0 aliphatic heterocycles. The third-order valence-electron chi connectivity index (χ3n) is 2.74. The van der Waals surface area contributed by atoms with Crippen LogP contribution in [0.4, 0.5) is 10.9 Å². The number of pyridine rings is 2. The van der Waals surface area contributed by atoms with Crippen LogP contribution in [0.3, 0.4) is 0 Å². The summed E-state index contributed by atoms with van der Waals surface area (Å²) in [6.07, 6.45) is 3.68. The summed E-state index contributed by atoms with van der Waals surface area (Å²) >= 11 is 1.54. The van der Waals surface area contributed by atoms with Gasteiger partial charge in [-0.25, -0.2) is 4.98 Å². The average molecular weight is 312 g/mol. The normalized spacial score (nSPS) is 10.7. The highest BCUT2D eigenvalue weighted by molar-refractivity contribution is 7.18. The Kier molecular flexibility index (Phi) is 4.29. The van der Waals surface area contributed by atoms with Gasteiger partial charge >= 0.3 is 0 Å². The van der Waals surface area contributed by atoms with Crippen molar-refractivity contribution in [3.8, 4) is 16.5 Å². The third-order valence-corrected chi connectivity index (χ3v) is 3.67. The minimum absolute atomic E-state index is 0.0957. The highest BCUT2D eigenvalue weighted by atomic mass is 32.1. The van der Waals surface area contributed by atoms with Crippen LogP contribution in [0, 0.1) is 0 Å². The fraction of sp³-hybridized carbons (Fsp3) is 0.188. The fourth-order valence-corrected chi connectivity index (χ4v) is 2.66. The Morgan fingerprint density at radius 3 is 2.77 bits per heavy atom. The zero-order valence-electron chi connectivity index (χ0n) is 12.4. The summed E-state index contributed by atoms with van der Waals surface area (Å²) in [6, 6.07) is 11.5. The molecule has 0 atom stereocenters. The first-order chi connectivity index (χ1) is 10.7. The molecular formula is C16H16N4OS. The van der Waals surface area contributed by atoms with E-state index in [1.165, 1.54) is 11.3 Å². The van der Waals surface area contributed by atoms with Gasteiger partial charge in [-0.3, -0.25) is 4.98 Å². The topological polar surface area (TPSA) is 59.9 Å². The number of rotatable bonds is 5. The number of hydrogen-bond donors (Lipinski definition) is 1. The van der Waals surface area contributed by atoms with Crippen molar-refractivity contribution in [1.29, 1.82) is 0 Å². The van der Waals surface area contributed by atoms with Gasteiger partial charge in [0, 0.05) is 18.5 Å². The maximum absolute atomic E-state index is 5.59. The lowest BCUT2D eigenvalue weighted by atomic mass is 10.3. The summed E-state index contributed by atoms with van der Waals surface area (Å²) < 4.78 is 5.59. The Morgan fingerprint density at radius 1 is 1.09 bits per heavy atom. The fourth-order valence-electron chi connectivity index (χ4n) is 1.86. The maximum atomic E-state index is 5.59. The van der Waals surface area contributed by atoms with Gasteiger partial charge in [0.05, 0.1) is 16.7 Å². The van der Waals surface area contributed by atoms with Crippen LogP contribution in [0.15, 0.2) is 48.8 Å². The SMILES string of the molecule is CC(C)Oc1cccc(Nc2ncc(-c3ccccn3)s2)n1. The van der Waals surface area contributed by atoms with Crippen LogP contribution in [-0.2, 0) is 0 Å². The van der Waals surface area contributed by atoms with Crippen molar-refractivity contribution in [2.45, 2.75) is 20.0 Å². The van der Waals surface area contributed by atoms with Gasteiger partial charge < -0.3 is 10.1 Å². The van der Waals surface area contributed by atoms with Gasteiger partial charge in [0.1, 0.15) is 5.82 Å². The molecule has 3 rings (SSSR count). The Balaban J connectivity index is 1.75. The van der Waals surface area contributed by atoms with Crippen LogP contribution < -0.4 is 10.1 Å². The first-order valence-corrected chi connectivity index (χ1v) is 7.80. The summed E-state index contributed by atoms with van der Waals surface area (Å²) in [5.74, 6) is 1.31. The van der Waals surface area contributed by atoms with Gasteiger partial charge in [-0.1, -0.05) is 23.5 Å². The van der Waals surface area contributed by atoms with Crippen LogP contribution in [0.5, 0.6) is 5.88 Å². The molecule has 0 saturated heterocycles. The molecular weight excluding hydrogens is 296 g/mol. The Morgan fingerprint density at radius 2 is 2.00 bits per heavy atom. The molecule has 3 aromatic heterocycles. The van der Waals surface area contributed by atoms with Crippen molar-refractivity contribution in [1.82, 2.24) is 15.0 Å². The number of anilines is 2. The Labute approximate surface area is 133 Å². The number of hydrogen-bond acceptors (Lipinski definition) is 6. The quantitative estimate of drug-likeness (QED) is 0.767. The molecule has 0 aliphatic carbocycles. The minimum Gasteiger partial charge on any atom is -0.475 e. The van der Waals surface area contributed by atoms with E-state index in [0.29, 0.717) is 11.7 Å². The first kappa shape index (κ1) is 14.5. The van der Waals surface area contributed by atoms with Crippen LogP contribution in [-0.4, -0.2) is 21.1 Å². The van der Waals surface area contributed by atoms with Gasteiger partial charge in [-0.15, -0.1) is 0 Å². The van der Waals surface area contributed by atoms with Gasteiger partial charge in [-0.2, -0.15) is 4.98 Å². The Bertz CT molecular complexity index is 743. The Hall–Kier alpha value is -2.47. The predicted octanol–water partition coefficient (Wildman–Crippen LogP) is 4.13. The van der Waals surface area contributed by atoms with Crippen LogP contribution in [0.2, 0.25) is 0 Å². The first-order valence-electron chi connectivity index (χ1n) is 6.98. The molecule has 3 heterocycles. The molecule has 5 nitrogen and oxygen atoms in total. The smallest absolute Gasteiger partial charge is 0.215 e. The van der Waals surface area contributed by atoms with E-state index >= 15 is 0 Å². The van der Waals surface area contributed by atoms with Gasteiger partial charge in [0.2, 0.25) is 5.88 Å². The molecule has 0 fully saturated rings. The number of nitrogens with zero attached hydrogens (tertiary/aromatic N) is 3. The van der Waals surface area contributed by atoms with Gasteiger partial charge in [0.15, 0.2) is 5.13 Å². The average Bonchev–Trinajstić information content (AvgIpc) is 2.96. The van der Waals surface area contributed by atoms with Crippen LogP contribution >= 0.6 is 11.3 Å². The largest absolute Gasteiger partial charge is 0.475 e. The van der Waals surface area contributed by atoms with E-state index in [9.17, 15) is 0 Å². The molecule has 0 bridgehead atoms. The summed E-state index contributed by atoms with van der Waals surface area (Å²) in [5, 5.41) is 3.97. The van der Waals surface area contributed by atoms with Crippen molar-refractivity contribution in [3.63, 3.8) is 0 Å². The van der Waals surface area contributed by atoms with E-state index in [2.05, 4.69) is 20.3 Å². The van der Waals surface area contributed by atoms with E-state index < -0.39 is 0 Å². The summed E-state index contributed by atoms with van der Waals surface area (Å²) in [4.78, 5) is 14.1. The van der Waals surface area contributed by atoms with E-state index in [0.717, 1.165) is 15.7 Å². The summed E-state index contributed by atoms with van der Waals surface area (Å²) in [6.45, 7) is 3.95. The highest BCUT2D eigenvalue weighted by Crippen LogP contribution is 2.29. The standard InChI is InChI=1S/C16H16N4OS/c1-11(2)21-15-8-5-7-14(19-15)20-16-18-10-13(22-16)12-6-3-4-9-17-12/h3-11H,1-2H3,(H,18,19,20). The van der Waals surface area contributed by atoms with Crippen molar-refractivity contribution >= 4 is 22.3 Å². The molecule has 0 amide bonds. The second-order valence-electron chi connectivity index (χ2n) is 4.90. The van der Waals surface area contributed by atoms with Gasteiger partial charge in [0.25, 0.3) is 0 Å². The summed E-state index contributed by atoms with van der Waals surface area (Å²) in [5.41, 5.74) is 0.915. The molecule has 6 heteroatoms. The second kappa shape index (κ2) is 6.53. The number of aromatic nitrogens is 3. The molecule has 0 unspecified atom stereocenters. The van der Waals surface area contributed by atoms with E-state index in [1.54, 1.807) is 6.20 Å². The molecule has 3 aromatic rings. The lowest BCUT2D eigenvalue weighted by Gasteiger charge is -2.09. The number of nitrogens with one attached hydrogen (secondary N) is 1. The zero-order valence-corrected chi connectivity index (χ0v) is 13.2. The monoisotopic (exact) mass is 312 g/mol. The van der Waals surface area contributed by atoms with E-state index in [4.69, 9.17) is 4.74 Å². The lowest BCUT2D eigenvalue weighted by Crippen LogP contribution is -2.07. The molecule has 0 aromatic carbocycles. The molecule has 0 saturated carbocycles. The van der Waals surface area contributed by atoms with E-state index in [-0.39, 0.29) is 6.10 Å². The molecule has 112 valence electrons. The number of thiazole rings is 1.